The Morgan fingerprint density at radius 3 is 2.57 bits per heavy atom. The Morgan fingerprint density at radius 2 is 1.89 bits per heavy atom. The van der Waals surface area contributed by atoms with E-state index < -0.39 is 29.4 Å². The Labute approximate surface area is 266 Å². The summed E-state index contributed by atoms with van der Waals surface area (Å²) in [5.41, 5.74) is 0.821. The Balaban J connectivity index is 1.46. The van der Waals surface area contributed by atoms with Gasteiger partial charge in [0.1, 0.15) is 29.9 Å². The lowest BCUT2D eigenvalue weighted by molar-refractivity contribution is -0.131. The van der Waals surface area contributed by atoms with Crippen LogP contribution in [0.15, 0.2) is 42.5 Å². The largest absolute Gasteiger partial charge is 0.490 e. The van der Waals surface area contributed by atoms with Crippen LogP contribution in [0, 0.1) is 5.82 Å². The number of nitrogens with zero attached hydrogens (tertiary/aromatic N) is 2. The number of aliphatic hydroxyl groups is 1. The number of amides is 2. The van der Waals surface area contributed by atoms with Crippen molar-refractivity contribution in [3.8, 4) is 5.75 Å². The third-order valence-electron chi connectivity index (χ3n) is 7.26. The molecule has 0 radical (unpaired) electrons. The van der Waals surface area contributed by atoms with Crippen LogP contribution in [0.1, 0.15) is 42.1 Å². The molecule has 44 heavy (non-hydrogen) atoms. The number of aromatic nitrogens is 2. The molecule has 1 aromatic heterocycles. The molecule has 1 unspecified atom stereocenters. The first-order valence-electron chi connectivity index (χ1n) is 13.7. The second-order valence-electron chi connectivity index (χ2n) is 10.5. The number of hydrogen-bond acceptors (Lipinski definition) is 6. The number of carbonyl (C=O) groups is 2. The van der Waals surface area contributed by atoms with Gasteiger partial charge in [0.15, 0.2) is 0 Å². The summed E-state index contributed by atoms with van der Waals surface area (Å²) in [7, 11) is 1.72. The summed E-state index contributed by atoms with van der Waals surface area (Å²) < 4.78 is 35.2. The smallest absolute Gasteiger partial charge is 0.259 e. The lowest BCUT2D eigenvalue weighted by Gasteiger charge is -2.15. The molecular weight excluding hydrogens is 639 g/mol. The van der Waals surface area contributed by atoms with Gasteiger partial charge in [0, 0.05) is 25.3 Å². The third-order valence-corrected chi connectivity index (χ3v) is 8.30. The molecule has 1 saturated carbocycles. The number of rotatable bonds is 11. The molecule has 0 aliphatic heterocycles. The Morgan fingerprint density at radius 1 is 1.14 bits per heavy atom. The first-order chi connectivity index (χ1) is 20.9. The average molecular weight is 667 g/mol. The molecule has 0 bridgehead atoms. The number of ether oxygens (including phenoxy) is 1. The zero-order valence-electron chi connectivity index (χ0n) is 23.6. The molecule has 5 rings (SSSR count). The number of benzene rings is 3. The summed E-state index contributed by atoms with van der Waals surface area (Å²) in [4.78, 5) is 30.1. The van der Waals surface area contributed by atoms with Crippen LogP contribution in [-0.4, -0.2) is 44.9 Å². The fraction of sp³-hybridized carbons (Fsp3) is 0.300. The van der Waals surface area contributed by atoms with Crippen molar-refractivity contribution in [2.75, 3.05) is 17.2 Å². The van der Waals surface area contributed by atoms with Crippen molar-refractivity contribution in [2.24, 2.45) is 7.05 Å². The van der Waals surface area contributed by atoms with Gasteiger partial charge in [-0.05, 0) is 55.2 Å². The first kappa shape index (κ1) is 31.8. The van der Waals surface area contributed by atoms with E-state index in [1.165, 1.54) is 18.2 Å². The molecule has 2 amide bonds. The minimum atomic E-state index is -1.32. The monoisotopic (exact) mass is 665 g/mol. The molecule has 1 aliphatic rings. The summed E-state index contributed by atoms with van der Waals surface area (Å²) in [6.45, 7) is 1.47. The molecule has 3 aromatic carbocycles. The number of hydrogen-bond donors (Lipinski definition) is 4. The molecule has 14 heteroatoms. The number of nitrogens with one attached hydrogen (secondary N) is 3. The Bertz CT molecular complexity index is 1760. The minimum Gasteiger partial charge on any atom is -0.490 e. The van der Waals surface area contributed by atoms with Crippen LogP contribution in [0.2, 0.25) is 15.1 Å². The number of aryl methyl sites for hydroxylation is 1. The molecule has 0 saturated heterocycles. The van der Waals surface area contributed by atoms with E-state index in [0.717, 1.165) is 6.07 Å². The van der Waals surface area contributed by atoms with Gasteiger partial charge in [-0.3, -0.25) is 9.59 Å². The summed E-state index contributed by atoms with van der Waals surface area (Å²) in [6.07, 6.45) is -0.204. The fourth-order valence-corrected chi connectivity index (χ4v) is 5.05. The predicted molar refractivity (Wildman–Crippen MR) is 167 cm³/mol. The van der Waals surface area contributed by atoms with Gasteiger partial charge >= 0.3 is 0 Å². The maximum absolute atomic E-state index is 14.1. The standard InChI is InChI=1S/C30H28Cl3F2N5O4/c1-3-16(34)14-44-24-12-23-22(11-18(24)27(41)37-17-5-7-21(35)20(32)10-17)38-29(40(23)2)39-26-19(31)6-4-15(25(26)33)13-36-28(42)30(43)8-9-30/h4-7,10-12,16,43H,3,8-9,13-14H2,1-2H3,(H,36,42)(H,37,41)(H,38,39). The highest BCUT2D eigenvalue weighted by Gasteiger charge is 2.47. The lowest BCUT2D eigenvalue weighted by Crippen LogP contribution is -2.35. The van der Waals surface area contributed by atoms with Crippen molar-refractivity contribution in [1.82, 2.24) is 14.9 Å². The van der Waals surface area contributed by atoms with Crippen molar-refractivity contribution in [3.63, 3.8) is 0 Å². The quantitative estimate of drug-likeness (QED) is 0.138. The highest BCUT2D eigenvalue weighted by atomic mass is 35.5. The molecule has 1 atom stereocenters. The van der Waals surface area contributed by atoms with Gasteiger partial charge in [-0.15, -0.1) is 0 Å². The highest BCUT2D eigenvalue weighted by molar-refractivity contribution is 6.39. The van der Waals surface area contributed by atoms with E-state index in [1.54, 1.807) is 36.7 Å². The summed E-state index contributed by atoms with van der Waals surface area (Å²) in [5, 5.41) is 18.8. The normalized spacial score (nSPS) is 14.3. The topological polar surface area (TPSA) is 118 Å². The van der Waals surface area contributed by atoms with Crippen LogP contribution in [0.4, 0.5) is 26.1 Å². The molecule has 4 N–H and O–H groups in total. The van der Waals surface area contributed by atoms with Gasteiger partial charge in [-0.1, -0.05) is 47.8 Å². The molecule has 1 heterocycles. The van der Waals surface area contributed by atoms with Crippen LogP contribution >= 0.6 is 34.8 Å². The van der Waals surface area contributed by atoms with Gasteiger partial charge < -0.3 is 30.4 Å². The second kappa shape index (κ2) is 12.8. The van der Waals surface area contributed by atoms with E-state index in [0.29, 0.717) is 41.1 Å². The van der Waals surface area contributed by atoms with E-state index in [4.69, 9.17) is 39.5 Å². The molecule has 9 nitrogen and oxygen atoms in total. The highest BCUT2D eigenvalue weighted by Crippen LogP contribution is 2.38. The number of carbonyl (C=O) groups excluding carboxylic acids is 2. The molecule has 1 fully saturated rings. The lowest BCUT2D eigenvalue weighted by atomic mass is 10.1. The van der Waals surface area contributed by atoms with Gasteiger partial charge in [0.25, 0.3) is 11.8 Å². The fourth-order valence-electron chi connectivity index (χ4n) is 4.34. The number of anilines is 3. The SMILES string of the molecule is CCC(F)COc1cc2c(cc1C(=O)Nc1ccc(F)c(Cl)c1)nc(Nc1c(Cl)ccc(CNC(=O)C3(O)CC3)c1Cl)n2C. The molecule has 0 spiro atoms. The maximum atomic E-state index is 14.1. The van der Waals surface area contributed by atoms with Gasteiger partial charge in [0.05, 0.1) is 37.4 Å². The van der Waals surface area contributed by atoms with Gasteiger partial charge in [0.2, 0.25) is 5.95 Å². The Hall–Kier alpha value is -3.64. The minimum absolute atomic E-state index is 0.0667. The van der Waals surface area contributed by atoms with E-state index >= 15 is 0 Å². The number of imidazole rings is 1. The van der Waals surface area contributed by atoms with E-state index in [2.05, 4.69) is 20.9 Å². The van der Waals surface area contributed by atoms with Crippen LogP contribution in [0.25, 0.3) is 11.0 Å². The van der Waals surface area contributed by atoms with Crippen LogP contribution in [0.5, 0.6) is 5.75 Å². The van der Waals surface area contributed by atoms with Crippen molar-refractivity contribution < 1.29 is 28.2 Å². The van der Waals surface area contributed by atoms with Crippen LogP contribution in [0.3, 0.4) is 0 Å². The molecule has 232 valence electrons. The van der Waals surface area contributed by atoms with Crippen LogP contribution in [-0.2, 0) is 18.4 Å². The average Bonchev–Trinajstić information content (AvgIpc) is 3.69. The first-order valence-corrected chi connectivity index (χ1v) is 14.8. The molecule has 4 aromatic rings. The van der Waals surface area contributed by atoms with Crippen molar-refractivity contribution in [2.45, 2.75) is 44.5 Å². The Kier molecular flexibility index (Phi) is 9.22. The summed E-state index contributed by atoms with van der Waals surface area (Å²) in [6, 6.07) is 10.1. The van der Waals surface area contributed by atoms with Crippen molar-refractivity contribution >= 4 is 75.0 Å². The zero-order chi connectivity index (χ0) is 31.8. The molecule has 1 aliphatic carbocycles. The van der Waals surface area contributed by atoms with E-state index in [9.17, 15) is 23.5 Å². The van der Waals surface area contributed by atoms with E-state index in [-0.39, 0.29) is 51.6 Å². The summed E-state index contributed by atoms with van der Waals surface area (Å²) >= 11 is 19.0. The summed E-state index contributed by atoms with van der Waals surface area (Å²) in [5.74, 6) is -1.28. The molecular formula is C30H28Cl3F2N5O4. The zero-order valence-corrected chi connectivity index (χ0v) is 25.9. The van der Waals surface area contributed by atoms with Crippen molar-refractivity contribution in [1.29, 1.82) is 0 Å². The van der Waals surface area contributed by atoms with Crippen molar-refractivity contribution in [3.05, 3.63) is 74.5 Å². The number of halogens is 5. The maximum Gasteiger partial charge on any atom is 0.259 e. The second-order valence-corrected chi connectivity index (χ2v) is 11.7. The number of alkyl halides is 1. The van der Waals surface area contributed by atoms with E-state index in [1.807, 2.05) is 0 Å². The van der Waals surface area contributed by atoms with Gasteiger partial charge in [-0.2, -0.15) is 0 Å². The number of fused-ring (bicyclic) bond motifs is 1. The van der Waals surface area contributed by atoms with Gasteiger partial charge in [-0.25, -0.2) is 13.8 Å². The van der Waals surface area contributed by atoms with Crippen LogP contribution < -0.4 is 20.7 Å². The predicted octanol–water partition coefficient (Wildman–Crippen LogP) is 6.94. The third kappa shape index (κ3) is 6.71.